The number of aromatic amines is 1. The van der Waals surface area contributed by atoms with Crippen molar-refractivity contribution in [3.05, 3.63) is 83.0 Å². The predicted molar refractivity (Wildman–Crippen MR) is 105 cm³/mol. The third-order valence-electron chi connectivity index (χ3n) is 4.22. The van der Waals surface area contributed by atoms with Crippen LogP contribution in [-0.2, 0) is 0 Å². The molecule has 8 heteroatoms. The molecular formula is C20H15ClFN5O. The molecule has 0 unspecified atom stereocenters. The summed E-state index contributed by atoms with van der Waals surface area (Å²) in [4.78, 5) is 12.6. The van der Waals surface area contributed by atoms with E-state index in [0.717, 1.165) is 16.8 Å². The van der Waals surface area contributed by atoms with Gasteiger partial charge in [0.1, 0.15) is 5.82 Å². The van der Waals surface area contributed by atoms with Crippen molar-refractivity contribution in [2.75, 3.05) is 5.32 Å². The number of carbonyl (C=O) groups is 1. The molecule has 2 heterocycles. The summed E-state index contributed by atoms with van der Waals surface area (Å²) in [6.45, 7) is 1.87. The second-order valence-electron chi connectivity index (χ2n) is 6.16. The first kappa shape index (κ1) is 17.9. The summed E-state index contributed by atoms with van der Waals surface area (Å²) < 4.78 is 14.6. The molecule has 1 amide bonds. The van der Waals surface area contributed by atoms with Crippen LogP contribution in [0.3, 0.4) is 0 Å². The Kier molecular flexibility index (Phi) is 4.67. The van der Waals surface area contributed by atoms with Crippen LogP contribution in [0.1, 0.15) is 16.2 Å². The molecule has 4 rings (SSSR count). The Morgan fingerprint density at radius 2 is 1.82 bits per heavy atom. The molecule has 4 aromatic rings. The topological polar surface area (TPSA) is 75.6 Å². The lowest BCUT2D eigenvalue weighted by molar-refractivity contribution is 0.102. The van der Waals surface area contributed by atoms with Gasteiger partial charge in [0.05, 0.1) is 5.69 Å². The van der Waals surface area contributed by atoms with E-state index in [2.05, 4.69) is 20.6 Å². The molecule has 0 aliphatic heterocycles. The van der Waals surface area contributed by atoms with Gasteiger partial charge in [-0.15, -0.1) is 0 Å². The maximum absolute atomic E-state index is 13.1. The molecule has 0 saturated carbocycles. The lowest BCUT2D eigenvalue weighted by Gasteiger charge is -2.06. The minimum Gasteiger partial charge on any atom is -0.303 e. The summed E-state index contributed by atoms with van der Waals surface area (Å²) in [6, 6.07) is 14.7. The number of aromatic nitrogens is 4. The monoisotopic (exact) mass is 395 g/mol. The molecule has 0 saturated heterocycles. The Balaban J connectivity index is 1.58. The first-order chi connectivity index (χ1) is 13.5. The third kappa shape index (κ3) is 3.52. The summed E-state index contributed by atoms with van der Waals surface area (Å²) in [6.07, 6.45) is 1.64. The summed E-state index contributed by atoms with van der Waals surface area (Å²) in [5, 5.41) is 14.7. The molecule has 0 aliphatic carbocycles. The van der Waals surface area contributed by atoms with Crippen molar-refractivity contribution in [3.8, 4) is 16.8 Å². The molecule has 0 aliphatic rings. The lowest BCUT2D eigenvalue weighted by Crippen LogP contribution is -2.14. The van der Waals surface area contributed by atoms with Gasteiger partial charge in [0, 0.05) is 22.5 Å². The number of hydrogen-bond acceptors (Lipinski definition) is 3. The average Bonchev–Trinajstić information content (AvgIpc) is 3.31. The van der Waals surface area contributed by atoms with Gasteiger partial charge in [-0.3, -0.25) is 9.89 Å². The fraction of sp³-hybridized carbons (Fsp3) is 0.0500. The number of carbonyl (C=O) groups excluding carboxylic acids is 1. The van der Waals surface area contributed by atoms with E-state index in [0.29, 0.717) is 16.5 Å². The first-order valence-corrected chi connectivity index (χ1v) is 8.83. The molecule has 0 spiro atoms. The highest BCUT2D eigenvalue weighted by Crippen LogP contribution is 2.30. The van der Waals surface area contributed by atoms with Crippen molar-refractivity contribution in [1.29, 1.82) is 0 Å². The third-order valence-corrected chi connectivity index (χ3v) is 4.48. The van der Waals surface area contributed by atoms with E-state index in [1.165, 1.54) is 16.8 Å². The number of anilines is 1. The molecule has 2 N–H and O–H groups in total. The van der Waals surface area contributed by atoms with Gasteiger partial charge in [0.2, 0.25) is 0 Å². The molecule has 2 aromatic carbocycles. The van der Waals surface area contributed by atoms with Crippen LogP contribution in [0.2, 0.25) is 5.02 Å². The Hall–Kier alpha value is -3.45. The Labute approximate surface area is 165 Å². The SMILES string of the molecule is Cc1[nH]nc(NC(=O)c2ccn(-c3ccc(F)cc3)n2)c1-c1ccc(Cl)cc1. The van der Waals surface area contributed by atoms with Gasteiger partial charge in [-0.25, -0.2) is 9.07 Å². The van der Waals surface area contributed by atoms with Crippen molar-refractivity contribution in [2.24, 2.45) is 0 Å². The van der Waals surface area contributed by atoms with Gasteiger partial charge in [-0.05, 0) is 55.0 Å². The lowest BCUT2D eigenvalue weighted by atomic mass is 10.1. The molecule has 0 bridgehead atoms. The van der Waals surface area contributed by atoms with Gasteiger partial charge in [-0.1, -0.05) is 23.7 Å². The maximum Gasteiger partial charge on any atom is 0.277 e. The number of nitrogens with zero attached hydrogens (tertiary/aromatic N) is 3. The van der Waals surface area contributed by atoms with E-state index < -0.39 is 5.91 Å². The first-order valence-electron chi connectivity index (χ1n) is 8.45. The van der Waals surface area contributed by atoms with Crippen LogP contribution in [0.5, 0.6) is 0 Å². The minimum absolute atomic E-state index is 0.215. The number of hydrogen-bond donors (Lipinski definition) is 2. The highest BCUT2D eigenvalue weighted by Gasteiger charge is 2.17. The second-order valence-corrected chi connectivity index (χ2v) is 6.59. The Bertz CT molecular complexity index is 1130. The summed E-state index contributed by atoms with van der Waals surface area (Å²) in [5.41, 5.74) is 3.34. The molecule has 0 atom stereocenters. The number of nitrogens with one attached hydrogen (secondary N) is 2. The van der Waals surface area contributed by atoms with Crippen molar-refractivity contribution in [2.45, 2.75) is 6.92 Å². The predicted octanol–water partition coefficient (Wildman–Crippen LogP) is 4.62. The Morgan fingerprint density at radius 1 is 1.11 bits per heavy atom. The fourth-order valence-electron chi connectivity index (χ4n) is 2.84. The van der Waals surface area contributed by atoms with Gasteiger partial charge in [0.25, 0.3) is 5.91 Å². The summed E-state index contributed by atoms with van der Waals surface area (Å²) in [7, 11) is 0. The van der Waals surface area contributed by atoms with Crippen LogP contribution < -0.4 is 5.32 Å². The number of aryl methyl sites for hydroxylation is 1. The smallest absolute Gasteiger partial charge is 0.277 e. The van der Waals surface area contributed by atoms with Gasteiger partial charge in [-0.2, -0.15) is 10.2 Å². The summed E-state index contributed by atoms with van der Waals surface area (Å²) in [5.74, 6) is -0.332. The van der Waals surface area contributed by atoms with E-state index in [1.54, 1.807) is 36.5 Å². The number of rotatable bonds is 4. The van der Waals surface area contributed by atoms with Crippen LogP contribution in [0.15, 0.2) is 60.8 Å². The van der Waals surface area contributed by atoms with Gasteiger partial charge in [0.15, 0.2) is 11.5 Å². The van der Waals surface area contributed by atoms with E-state index in [-0.39, 0.29) is 11.5 Å². The molecule has 0 radical (unpaired) electrons. The van der Waals surface area contributed by atoms with Crippen molar-refractivity contribution >= 4 is 23.3 Å². The fourth-order valence-corrected chi connectivity index (χ4v) is 2.97. The second kappa shape index (κ2) is 7.28. The van der Waals surface area contributed by atoms with E-state index in [1.807, 2.05) is 19.1 Å². The Morgan fingerprint density at radius 3 is 2.54 bits per heavy atom. The number of benzene rings is 2. The van der Waals surface area contributed by atoms with E-state index in [9.17, 15) is 9.18 Å². The van der Waals surface area contributed by atoms with Crippen molar-refractivity contribution in [1.82, 2.24) is 20.0 Å². The zero-order chi connectivity index (χ0) is 19.7. The van der Waals surface area contributed by atoms with Crippen LogP contribution in [0, 0.1) is 12.7 Å². The van der Waals surface area contributed by atoms with Crippen LogP contribution in [0.25, 0.3) is 16.8 Å². The summed E-state index contributed by atoms with van der Waals surface area (Å²) >= 11 is 5.95. The van der Waals surface area contributed by atoms with Crippen molar-refractivity contribution in [3.63, 3.8) is 0 Å². The normalized spacial score (nSPS) is 10.8. The van der Waals surface area contributed by atoms with Crippen LogP contribution in [-0.4, -0.2) is 25.9 Å². The molecular weight excluding hydrogens is 381 g/mol. The maximum atomic E-state index is 13.1. The average molecular weight is 396 g/mol. The van der Waals surface area contributed by atoms with Crippen LogP contribution >= 0.6 is 11.6 Å². The van der Waals surface area contributed by atoms with Crippen molar-refractivity contribution < 1.29 is 9.18 Å². The molecule has 2 aromatic heterocycles. The molecule has 6 nitrogen and oxygen atoms in total. The van der Waals surface area contributed by atoms with E-state index in [4.69, 9.17) is 11.6 Å². The number of H-pyrrole nitrogens is 1. The zero-order valence-corrected chi connectivity index (χ0v) is 15.5. The van der Waals surface area contributed by atoms with Crippen LogP contribution in [0.4, 0.5) is 10.2 Å². The minimum atomic E-state index is -0.400. The number of halogens is 2. The molecule has 0 fully saturated rings. The van der Waals surface area contributed by atoms with E-state index >= 15 is 0 Å². The molecule has 140 valence electrons. The zero-order valence-electron chi connectivity index (χ0n) is 14.8. The van der Waals surface area contributed by atoms with Gasteiger partial charge < -0.3 is 5.32 Å². The highest BCUT2D eigenvalue weighted by molar-refractivity contribution is 6.30. The number of amides is 1. The standard InChI is InChI=1S/C20H15ClFN5O/c1-12-18(13-2-4-14(21)5-3-13)19(25-24-12)23-20(28)17-10-11-27(26-17)16-8-6-15(22)7-9-16/h2-11H,1H3,(H2,23,24,25,28). The largest absolute Gasteiger partial charge is 0.303 e. The highest BCUT2D eigenvalue weighted by atomic mass is 35.5. The quantitative estimate of drug-likeness (QED) is 0.529. The molecule has 28 heavy (non-hydrogen) atoms. The van der Waals surface area contributed by atoms with Gasteiger partial charge >= 0.3 is 0 Å².